The highest BCUT2D eigenvalue weighted by Gasteiger charge is 2.31. The van der Waals surface area contributed by atoms with Crippen LogP contribution in [0, 0.1) is 0 Å². The summed E-state index contributed by atoms with van der Waals surface area (Å²) in [4.78, 5) is 29.6. The minimum Gasteiger partial charge on any atom is -0.493 e. The van der Waals surface area contributed by atoms with E-state index in [1.54, 1.807) is 38.6 Å². The Kier molecular flexibility index (Phi) is 7.67. The van der Waals surface area contributed by atoms with Gasteiger partial charge in [0.1, 0.15) is 0 Å². The van der Waals surface area contributed by atoms with Crippen LogP contribution in [0.5, 0.6) is 11.5 Å². The van der Waals surface area contributed by atoms with Crippen molar-refractivity contribution in [2.24, 2.45) is 5.10 Å². The van der Waals surface area contributed by atoms with Crippen molar-refractivity contribution in [3.63, 3.8) is 0 Å². The van der Waals surface area contributed by atoms with Gasteiger partial charge in [-0.3, -0.25) is 14.6 Å². The second-order valence-electron chi connectivity index (χ2n) is 7.75. The second kappa shape index (κ2) is 11.1. The van der Waals surface area contributed by atoms with E-state index in [0.717, 1.165) is 23.3 Å². The predicted octanol–water partition coefficient (Wildman–Crippen LogP) is 5.20. The Morgan fingerprint density at radius 2 is 1.89 bits per heavy atom. The summed E-state index contributed by atoms with van der Waals surface area (Å²) in [6.07, 6.45) is 3.87. The van der Waals surface area contributed by atoms with Gasteiger partial charge < -0.3 is 14.8 Å². The van der Waals surface area contributed by atoms with Gasteiger partial charge in [0.25, 0.3) is 5.91 Å². The summed E-state index contributed by atoms with van der Waals surface area (Å²) in [5.74, 6) is 0.949. The van der Waals surface area contributed by atoms with Gasteiger partial charge in [0.15, 0.2) is 11.5 Å². The smallest absolute Gasteiger partial charge is 0.302 e. The minimum atomic E-state index is -0.273. The zero-order valence-electron chi connectivity index (χ0n) is 19.7. The number of para-hydroxylation sites is 1. The van der Waals surface area contributed by atoms with Crippen LogP contribution in [-0.4, -0.2) is 46.3 Å². The number of thioether (sulfide) groups is 1. The SMILES string of the molecule is CCC1SC(=O)N(Cc2ccccc2NC(=O)c2cccnc2)N=C1c1ccc(OC)c(OC)c1. The Balaban J connectivity index is 1.63. The maximum Gasteiger partial charge on any atom is 0.302 e. The largest absolute Gasteiger partial charge is 0.493 e. The molecule has 35 heavy (non-hydrogen) atoms. The van der Waals surface area contributed by atoms with Gasteiger partial charge in [-0.2, -0.15) is 5.10 Å². The molecule has 8 nitrogen and oxygen atoms in total. The average molecular weight is 491 g/mol. The van der Waals surface area contributed by atoms with Crippen molar-refractivity contribution < 1.29 is 19.1 Å². The lowest BCUT2D eigenvalue weighted by molar-refractivity contribution is 0.102. The zero-order valence-corrected chi connectivity index (χ0v) is 20.5. The van der Waals surface area contributed by atoms with Gasteiger partial charge in [-0.25, -0.2) is 5.01 Å². The van der Waals surface area contributed by atoms with Gasteiger partial charge >= 0.3 is 5.24 Å². The van der Waals surface area contributed by atoms with Crippen LogP contribution in [0.2, 0.25) is 0 Å². The quantitative estimate of drug-likeness (QED) is 0.466. The van der Waals surface area contributed by atoms with Gasteiger partial charge in [0, 0.05) is 23.6 Å². The van der Waals surface area contributed by atoms with E-state index in [9.17, 15) is 9.59 Å². The van der Waals surface area contributed by atoms with Crippen molar-refractivity contribution in [3.8, 4) is 11.5 Å². The number of hydrogen-bond acceptors (Lipinski definition) is 7. The molecule has 2 amide bonds. The van der Waals surface area contributed by atoms with Crippen LogP contribution in [0.3, 0.4) is 0 Å². The number of nitrogens with zero attached hydrogens (tertiary/aromatic N) is 3. The first kappa shape index (κ1) is 24.3. The lowest BCUT2D eigenvalue weighted by Gasteiger charge is -2.29. The van der Waals surface area contributed by atoms with Crippen molar-refractivity contribution in [2.45, 2.75) is 25.1 Å². The number of anilines is 1. The molecule has 0 saturated heterocycles. The highest BCUT2D eigenvalue weighted by molar-refractivity contribution is 8.14. The summed E-state index contributed by atoms with van der Waals surface area (Å²) in [7, 11) is 3.17. The molecule has 2 aromatic carbocycles. The minimum absolute atomic E-state index is 0.0858. The van der Waals surface area contributed by atoms with Crippen molar-refractivity contribution in [3.05, 3.63) is 83.7 Å². The summed E-state index contributed by atoms with van der Waals surface area (Å²) in [5.41, 5.74) is 3.47. The molecule has 0 radical (unpaired) electrons. The molecule has 1 aliphatic rings. The van der Waals surface area contributed by atoms with E-state index in [-0.39, 0.29) is 22.9 Å². The molecule has 0 fully saturated rings. The molecule has 3 aromatic rings. The Labute approximate surface area is 208 Å². The molecule has 1 unspecified atom stereocenters. The Bertz CT molecular complexity index is 1250. The fourth-order valence-corrected chi connectivity index (χ4v) is 4.65. The first-order chi connectivity index (χ1) is 17.0. The molecule has 0 saturated carbocycles. The fraction of sp³-hybridized carbons (Fsp3) is 0.231. The van der Waals surface area contributed by atoms with Gasteiger partial charge in [0.2, 0.25) is 0 Å². The second-order valence-corrected chi connectivity index (χ2v) is 8.90. The van der Waals surface area contributed by atoms with E-state index >= 15 is 0 Å². The van der Waals surface area contributed by atoms with Gasteiger partial charge in [-0.15, -0.1) is 0 Å². The predicted molar refractivity (Wildman–Crippen MR) is 137 cm³/mol. The van der Waals surface area contributed by atoms with Gasteiger partial charge in [-0.05, 0) is 48.4 Å². The highest BCUT2D eigenvalue weighted by Crippen LogP contribution is 2.34. The molecule has 4 rings (SSSR count). The van der Waals surface area contributed by atoms with Crippen LogP contribution in [-0.2, 0) is 6.54 Å². The maximum absolute atomic E-state index is 13.0. The monoisotopic (exact) mass is 490 g/mol. The number of carbonyl (C=O) groups is 2. The van der Waals surface area contributed by atoms with Crippen LogP contribution < -0.4 is 14.8 Å². The number of rotatable bonds is 8. The van der Waals surface area contributed by atoms with Crippen LogP contribution in [0.1, 0.15) is 34.8 Å². The molecule has 1 atom stereocenters. The number of benzene rings is 2. The van der Waals surface area contributed by atoms with Gasteiger partial charge in [-0.1, -0.05) is 36.9 Å². The van der Waals surface area contributed by atoms with E-state index in [0.29, 0.717) is 22.7 Å². The number of nitrogens with one attached hydrogen (secondary N) is 1. The Morgan fingerprint density at radius 1 is 1.09 bits per heavy atom. The summed E-state index contributed by atoms with van der Waals surface area (Å²) in [6, 6.07) is 16.4. The van der Waals surface area contributed by atoms with Crippen LogP contribution >= 0.6 is 11.8 Å². The van der Waals surface area contributed by atoms with Crippen LogP contribution in [0.4, 0.5) is 10.5 Å². The topological polar surface area (TPSA) is 93.1 Å². The summed E-state index contributed by atoms with van der Waals surface area (Å²) >= 11 is 1.25. The molecular formula is C26H26N4O4S. The molecule has 0 bridgehead atoms. The number of amides is 2. The van der Waals surface area contributed by atoms with E-state index in [2.05, 4.69) is 10.3 Å². The summed E-state index contributed by atoms with van der Waals surface area (Å²) in [6.45, 7) is 2.24. The van der Waals surface area contributed by atoms with Crippen molar-refractivity contribution in [1.29, 1.82) is 0 Å². The number of hydrogen-bond donors (Lipinski definition) is 1. The molecule has 0 spiro atoms. The molecular weight excluding hydrogens is 464 g/mol. The van der Waals surface area contributed by atoms with E-state index < -0.39 is 0 Å². The molecule has 1 aromatic heterocycles. The van der Waals surface area contributed by atoms with Crippen molar-refractivity contribution >= 4 is 34.3 Å². The fourth-order valence-electron chi connectivity index (χ4n) is 3.72. The Hall–Kier alpha value is -3.85. The number of pyridine rings is 1. The number of carbonyl (C=O) groups excluding carboxylic acids is 2. The molecule has 2 heterocycles. The van der Waals surface area contributed by atoms with Gasteiger partial charge in [0.05, 0.1) is 37.3 Å². The summed E-state index contributed by atoms with van der Waals surface area (Å²) in [5, 5.41) is 8.88. The first-order valence-electron chi connectivity index (χ1n) is 11.1. The average Bonchev–Trinajstić information content (AvgIpc) is 2.90. The lowest BCUT2D eigenvalue weighted by atomic mass is 10.0. The van der Waals surface area contributed by atoms with E-state index in [4.69, 9.17) is 14.6 Å². The van der Waals surface area contributed by atoms with Crippen LogP contribution in [0.15, 0.2) is 72.1 Å². The molecule has 0 aliphatic carbocycles. The third-order valence-electron chi connectivity index (χ3n) is 5.55. The standard InChI is InChI=1S/C26H26N4O4S/c1-4-23-24(17-11-12-21(33-2)22(14-17)34-3)29-30(26(32)35-23)16-19-8-5-6-10-20(19)28-25(31)18-9-7-13-27-15-18/h5-15,23H,4,16H2,1-3H3,(H,28,31). The molecule has 1 N–H and O–H groups in total. The number of methoxy groups -OCH3 is 2. The third kappa shape index (κ3) is 5.46. The summed E-state index contributed by atoms with van der Waals surface area (Å²) < 4.78 is 10.8. The van der Waals surface area contributed by atoms with E-state index in [1.165, 1.54) is 23.0 Å². The first-order valence-corrected chi connectivity index (χ1v) is 12.0. The lowest BCUT2D eigenvalue weighted by Crippen LogP contribution is -2.35. The maximum atomic E-state index is 13.0. The van der Waals surface area contributed by atoms with Crippen molar-refractivity contribution in [2.75, 3.05) is 19.5 Å². The number of aromatic nitrogens is 1. The number of hydrazone groups is 1. The normalized spacial score (nSPS) is 15.4. The van der Waals surface area contributed by atoms with E-state index in [1.807, 2.05) is 43.3 Å². The number of ether oxygens (including phenoxy) is 2. The molecule has 9 heteroatoms. The van der Waals surface area contributed by atoms with Crippen LogP contribution in [0.25, 0.3) is 0 Å². The van der Waals surface area contributed by atoms with Crippen molar-refractivity contribution in [1.82, 2.24) is 9.99 Å². The highest BCUT2D eigenvalue weighted by atomic mass is 32.2. The third-order valence-corrected chi connectivity index (χ3v) is 6.80. The zero-order chi connectivity index (χ0) is 24.8. The Morgan fingerprint density at radius 3 is 2.60 bits per heavy atom. The molecule has 1 aliphatic heterocycles. The molecule has 180 valence electrons.